The molecule has 29 heavy (non-hydrogen) atoms. The van der Waals surface area contributed by atoms with Gasteiger partial charge in [0.15, 0.2) is 11.5 Å². The van der Waals surface area contributed by atoms with Gasteiger partial charge in [-0.05, 0) is 47.9 Å². The third kappa shape index (κ3) is 4.32. The van der Waals surface area contributed by atoms with Gasteiger partial charge in [0.1, 0.15) is 11.3 Å². The van der Waals surface area contributed by atoms with Crippen molar-refractivity contribution in [2.75, 3.05) is 0 Å². The van der Waals surface area contributed by atoms with Crippen molar-refractivity contribution in [3.05, 3.63) is 94.9 Å². The van der Waals surface area contributed by atoms with Crippen molar-refractivity contribution in [1.82, 2.24) is 15.3 Å². The lowest BCUT2D eigenvalue weighted by atomic mass is 10.1. The summed E-state index contributed by atoms with van der Waals surface area (Å²) in [6, 6.07) is 15.5. The summed E-state index contributed by atoms with van der Waals surface area (Å²) >= 11 is 0. The number of nitrogens with one attached hydrogen (secondary N) is 1. The predicted octanol–water partition coefficient (Wildman–Crippen LogP) is 4.45. The molecule has 2 heterocycles. The minimum atomic E-state index is -0.296. The Bertz CT molecular complexity index is 1150. The van der Waals surface area contributed by atoms with Crippen LogP contribution in [0.2, 0.25) is 0 Å². The molecule has 4 aromatic rings. The molecular formula is C23H20FN3O2. The Hall–Kier alpha value is -3.54. The van der Waals surface area contributed by atoms with Gasteiger partial charge in [0, 0.05) is 11.8 Å². The number of aromatic nitrogens is 2. The van der Waals surface area contributed by atoms with Gasteiger partial charge in [-0.3, -0.25) is 9.78 Å². The standard InChI is InChI=1S/C23H20FN3O2/c1-2-15-7-9-18(25-13-15)14-26-23(28)17-8-10-20-21(11-17)29-22(27-20)12-16-5-3-4-6-19(16)24/h3-11,13H,2,12,14H2,1H3,(H,26,28). The quantitative estimate of drug-likeness (QED) is 0.529. The highest BCUT2D eigenvalue weighted by molar-refractivity contribution is 5.96. The van der Waals surface area contributed by atoms with E-state index in [4.69, 9.17) is 4.42 Å². The summed E-state index contributed by atoms with van der Waals surface area (Å²) in [5.41, 5.74) is 4.06. The highest BCUT2D eigenvalue weighted by Gasteiger charge is 2.12. The first-order valence-electron chi connectivity index (χ1n) is 9.47. The normalized spacial score (nSPS) is 11.0. The summed E-state index contributed by atoms with van der Waals surface area (Å²) in [7, 11) is 0. The molecular weight excluding hydrogens is 369 g/mol. The van der Waals surface area contributed by atoms with E-state index in [0.717, 1.165) is 17.7 Å². The van der Waals surface area contributed by atoms with E-state index < -0.39 is 0 Å². The lowest BCUT2D eigenvalue weighted by molar-refractivity contribution is 0.0950. The largest absolute Gasteiger partial charge is 0.440 e. The monoisotopic (exact) mass is 389 g/mol. The van der Waals surface area contributed by atoms with Crippen LogP contribution in [0.4, 0.5) is 4.39 Å². The Kier molecular flexibility index (Phi) is 5.33. The zero-order valence-electron chi connectivity index (χ0n) is 16.0. The number of rotatable bonds is 6. The van der Waals surface area contributed by atoms with E-state index in [9.17, 15) is 9.18 Å². The van der Waals surface area contributed by atoms with Crippen molar-refractivity contribution < 1.29 is 13.6 Å². The molecule has 0 aliphatic carbocycles. The fourth-order valence-corrected chi connectivity index (χ4v) is 3.04. The van der Waals surface area contributed by atoms with E-state index in [1.54, 1.807) is 36.4 Å². The third-order valence-electron chi connectivity index (χ3n) is 4.72. The second-order valence-electron chi connectivity index (χ2n) is 6.75. The van der Waals surface area contributed by atoms with E-state index in [2.05, 4.69) is 22.2 Å². The molecule has 0 aliphatic heterocycles. The first-order chi connectivity index (χ1) is 14.1. The van der Waals surface area contributed by atoms with E-state index >= 15 is 0 Å². The van der Waals surface area contributed by atoms with Crippen LogP contribution in [0.3, 0.4) is 0 Å². The van der Waals surface area contributed by atoms with Crippen molar-refractivity contribution in [1.29, 1.82) is 0 Å². The molecule has 4 rings (SSSR count). The second kappa shape index (κ2) is 8.22. The van der Waals surface area contributed by atoms with Gasteiger partial charge in [-0.2, -0.15) is 0 Å². The van der Waals surface area contributed by atoms with Crippen LogP contribution in [0.25, 0.3) is 11.1 Å². The number of aryl methyl sites for hydroxylation is 1. The van der Waals surface area contributed by atoms with Gasteiger partial charge >= 0.3 is 0 Å². The Balaban J connectivity index is 1.46. The van der Waals surface area contributed by atoms with Crippen molar-refractivity contribution in [2.45, 2.75) is 26.3 Å². The lowest BCUT2D eigenvalue weighted by Crippen LogP contribution is -2.23. The number of oxazole rings is 1. The zero-order valence-corrected chi connectivity index (χ0v) is 16.0. The Morgan fingerprint density at radius 1 is 1.14 bits per heavy atom. The molecule has 0 saturated heterocycles. The van der Waals surface area contributed by atoms with E-state index in [-0.39, 0.29) is 18.1 Å². The van der Waals surface area contributed by atoms with Crippen molar-refractivity contribution in [3.8, 4) is 0 Å². The molecule has 0 radical (unpaired) electrons. The summed E-state index contributed by atoms with van der Waals surface area (Å²) in [5.74, 6) is -0.112. The molecule has 6 heteroatoms. The first-order valence-corrected chi connectivity index (χ1v) is 9.47. The van der Waals surface area contributed by atoms with Crippen molar-refractivity contribution in [2.24, 2.45) is 0 Å². The van der Waals surface area contributed by atoms with Gasteiger partial charge in [-0.1, -0.05) is 31.2 Å². The summed E-state index contributed by atoms with van der Waals surface area (Å²) in [4.78, 5) is 21.2. The number of carbonyl (C=O) groups is 1. The van der Waals surface area contributed by atoms with Crippen LogP contribution < -0.4 is 5.32 Å². The Labute approximate surface area is 167 Å². The van der Waals surface area contributed by atoms with Gasteiger partial charge < -0.3 is 9.73 Å². The number of pyridine rings is 1. The molecule has 0 unspecified atom stereocenters. The van der Waals surface area contributed by atoms with Crippen LogP contribution in [0.15, 0.2) is 65.2 Å². The molecule has 0 spiro atoms. The van der Waals surface area contributed by atoms with Gasteiger partial charge in [0.25, 0.3) is 5.91 Å². The van der Waals surface area contributed by atoms with Gasteiger partial charge in [0.05, 0.1) is 18.7 Å². The molecule has 0 bridgehead atoms. The molecule has 146 valence electrons. The molecule has 0 atom stereocenters. The topological polar surface area (TPSA) is 68.0 Å². The van der Waals surface area contributed by atoms with Crippen LogP contribution in [-0.2, 0) is 19.4 Å². The van der Waals surface area contributed by atoms with Crippen LogP contribution in [0, 0.1) is 5.82 Å². The van der Waals surface area contributed by atoms with Crippen LogP contribution in [0.1, 0.15) is 40.0 Å². The van der Waals surface area contributed by atoms with Gasteiger partial charge in [0.2, 0.25) is 0 Å². The van der Waals surface area contributed by atoms with Gasteiger partial charge in [-0.25, -0.2) is 9.37 Å². The number of fused-ring (bicyclic) bond motifs is 1. The highest BCUT2D eigenvalue weighted by atomic mass is 19.1. The lowest BCUT2D eigenvalue weighted by Gasteiger charge is -2.05. The van der Waals surface area contributed by atoms with Crippen LogP contribution in [0.5, 0.6) is 0 Å². The smallest absolute Gasteiger partial charge is 0.251 e. The molecule has 0 saturated carbocycles. The predicted molar refractivity (Wildman–Crippen MR) is 108 cm³/mol. The number of hydrogen-bond acceptors (Lipinski definition) is 4. The minimum absolute atomic E-state index is 0.222. The SMILES string of the molecule is CCc1ccc(CNC(=O)c2ccc3nc(Cc4ccccc4F)oc3c2)nc1. The molecule has 0 aliphatic rings. The highest BCUT2D eigenvalue weighted by Crippen LogP contribution is 2.20. The minimum Gasteiger partial charge on any atom is -0.440 e. The fourth-order valence-electron chi connectivity index (χ4n) is 3.04. The van der Waals surface area contributed by atoms with Crippen LogP contribution in [-0.4, -0.2) is 15.9 Å². The Morgan fingerprint density at radius 2 is 2.00 bits per heavy atom. The fraction of sp³-hybridized carbons (Fsp3) is 0.174. The van der Waals surface area contributed by atoms with Crippen LogP contribution >= 0.6 is 0 Å². The van der Waals surface area contributed by atoms with Crippen molar-refractivity contribution in [3.63, 3.8) is 0 Å². The van der Waals surface area contributed by atoms with E-state index in [0.29, 0.717) is 34.7 Å². The van der Waals surface area contributed by atoms with E-state index in [1.165, 1.54) is 6.07 Å². The molecule has 1 N–H and O–H groups in total. The summed E-state index contributed by atoms with van der Waals surface area (Å²) < 4.78 is 19.6. The summed E-state index contributed by atoms with van der Waals surface area (Å²) in [6.07, 6.45) is 3.00. The zero-order chi connectivity index (χ0) is 20.2. The molecule has 0 fully saturated rings. The van der Waals surface area contributed by atoms with E-state index in [1.807, 2.05) is 18.3 Å². The second-order valence-corrected chi connectivity index (χ2v) is 6.75. The maximum Gasteiger partial charge on any atom is 0.251 e. The molecule has 1 amide bonds. The number of amides is 1. The average molecular weight is 389 g/mol. The first kappa shape index (κ1) is 18.8. The van der Waals surface area contributed by atoms with Gasteiger partial charge in [-0.15, -0.1) is 0 Å². The molecule has 2 aromatic carbocycles. The van der Waals surface area contributed by atoms with Crippen molar-refractivity contribution >= 4 is 17.0 Å². The number of hydrogen-bond donors (Lipinski definition) is 1. The average Bonchev–Trinajstić information content (AvgIpc) is 3.15. The molecule has 2 aromatic heterocycles. The number of halogens is 1. The number of benzene rings is 2. The third-order valence-corrected chi connectivity index (χ3v) is 4.72. The summed E-state index contributed by atoms with van der Waals surface area (Å²) in [6.45, 7) is 2.41. The number of carbonyl (C=O) groups excluding carboxylic acids is 1. The maximum atomic E-state index is 13.8. The number of nitrogens with zero attached hydrogens (tertiary/aromatic N) is 2. The Morgan fingerprint density at radius 3 is 2.76 bits per heavy atom. The molecule has 5 nitrogen and oxygen atoms in total. The maximum absolute atomic E-state index is 13.8. The summed E-state index contributed by atoms with van der Waals surface area (Å²) in [5, 5.41) is 2.86.